The van der Waals surface area contributed by atoms with Crippen molar-refractivity contribution in [3.8, 4) is 0 Å². The number of aliphatic hydroxyl groups is 2. The van der Waals surface area contributed by atoms with Crippen molar-refractivity contribution in [3.63, 3.8) is 0 Å². The standard InChI is InChI=1S/C28H47NO5/c1-7-27(30)16-29(17-27)15-21-33-23-22-18(3)9-12-28(31,25(22,4)5)14-19-13-20(32-8-2)10-11-26(19,6)24(23)34-21/h19-21,23-24,30-31H,7-17H2,1-6H3/t19?,20-,21-,23-,24-,26-,28-/m1/s1. The van der Waals surface area contributed by atoms with E-state index in [9.17, 15) is 10.2 Å². The second kappa shape index (κ2) is 8.53. The molecule has 2 bridgehead atoms. The summed E-state index contributed by atoms with van der Waals surface area (Å²) in [5.74, 6) is 0.325. The Hall–Kier alpha value is -0.500. The molecule has 2 saturated heterocycles. The number of hydrogen-bond donors (Lipinski definition) is 2. The Kier molecular flexibility index (Phi) is 6.31. The van der Waals surface area contributed by atoms with Crippen LogP contribution in [0.15, 0.2) is 11.1 Å². The summed E-state index contributed by atoms with van der Waals surface area (Å²) in [4.78, 5) is 2.25. The van der Waals surface area contributed by atoms with Gasteiger partial charge in [0.25, 0.3) is 0 Å². The van der Waals surface area contributed by atoms with Crippen LogP contribution in [-0.4, -0.2) is 77.2 Å². The van der Waals surface area contributed by atoms with Gasteiger partial charge in [0.1, 0.15) is 6.10 Å². The summed E-state index contributed by atoms with van der Waals surface area (Å²) in [7, 11) is 0. The lowest BCUT2D eigenvalue weighted by Crippen LogP contribution is -2.62. The van der Waals surface area contributed by atoms with Crippen LogP contribution in [0.2, 0.25) is 0 Å². The first-order chi connectivity index (χ1) is 15.9. The molecule has 1 unspecified atom stereocenters. The lowest BCUT2D eigenvalue weighted by Gasteiger charge is -2.59. The van der Waals surface area contributed by atoms with Crippen LogP contribution in [0.5, 0.6) is 0 Å². The molecule has 5 aliphatic rings. The van der Waals surface area contributed by atoms with Crippen LogP contribution >= 0.6 is 0 Å². The minimum atomic E-state index is -0.747. The summed E-state index contributed by atoms with van der Waals surface area (Å²) >= 11 is 0. The van der Waals surface area contributed by atoms with Gasteiger partial charge in [-0.2, -0.15) is 0 Å². The van der Waals surface area contributed by atoms with Gasteiger partial charge in [-0.25, -0.2) is 0 Å². The summed E-state index contributed by atoms with van der Waals surface area (Å²) in [5, 5.41) is 22.7. The van der Waals surface area contributed by atoms with Gasteiger partial charge in [-0.15, -0.1) is 0 Å². The number of nitrogens with zero attached hydrogens (tertiary/aromatic N) is 1. The second-order valence-corrected chi connectivity index (χ2v) is 12.9. The van der Waals surface area contributed by atoms with E-state index in [0.717, 1.165) is 51.6 Å². The van der Waals surface area contributed by atoms with E-state index >= 15 is 0 Å². The fraction of sp³-hybridized carbons (Fsp3) is 0.929. The third-order valence-electron chi connectivity index (χ3n) is 10.6. The van der Waals surface area contributed by atoms with Gasteiger partial charge in [0.2, 0.25) is 0 Å². The van der Waals surface area contributed by atoms with Crippen molar-refractivity contribution in [1.82, 2.24) is 4.90 Å². The number of rotatable bonds is 5. The van der Waals surface area contributed by atoms with Crippen LogP contribution in [0.1, 0.15) is 86.5 Å². The highest BCUT2D eigenvalue weighted by molar-refractivity contribution is 5.35. The van der Waals surface area contributed by atoms with Crippen LogP contribution in [-0.2, 0) is 14.2 Å². The zero-order valence-corrected chi connectivity index (χ0v) is 22.2. The number of fused-ring (bicyclic) bond motifs is 6. The van der Waals surface area contributed by atoms with Crippen LogP contribution in [0.4, 0.5) is 0 Å². The number of hydrogen-bond acceptors (Lipinski definition) is 6. The third kappa shape index (κ3) is 3.83. The number of allylic oxidation sites excluding steroid dienone is 1. The van der Waals surface area contributed by atoms with Gasteiger partial charge >= 0.3 is 0 Å². The van der Waals surface area contributed by atoms with Gasteiger partial charge in [0.15, 0.2) is 6.29 Å². The third-order valence-corrected chi connectivity index (χ3v) is 10.6. The monoisotopic (exact) mass is 477 g/mol. The summed E-state index contributed by atoms with van der Waals surface area (Å²) in [5.41, 5.74) is 0.895. The number of likely N-dealkylation sites (tertiary alicyclic amines) is 1. The molecule has 2 heterocycles. The van der Waals surface area contributed by atoms with Crippen molar-refractivity contribution in [2.75, 3.05) is 26.2 Å². The van der Waals surface area contributed by atoms with Crippen LogP contribution < -0.4 is 0 Å². The Bertz CT molecular complexity index is 820. The van der Waals surface area contributed by atoms with E-state index < -0.39 is 11.2 Å². The molecule has 0 aromatic heterocycles. The average molecular weight is 478 g/mol. The zero-order valence-electron chi connectivity index (χ0n) is 22.2. The summed E-state index contributed by atoms with van der Waals surface area (Å²) in [6.45, 7) is 16.0. The fourth-order valence-electron chi connectivity index (χ4n) is 8.11. The maximum atomic E-state index is 12.2. The molecule has 6 heteroatoms. The summed E-state index contributed by atoms with van der Waals surface area (Å²) in [6.07, 6.45) is 6.15. The van der Waals surface area contributed by atoms with Crippen molar-refractivity contribution in [1.29, 1.82) is 0 Å². The maximum absolute atomic E-state index is 12.2. The second-order valence-electron chi connectivity index (χ2n) is 12.9. The highest BCUT2D eigenvalue weighted by atomic mass is 16.7. The summed E-state index contributed by atoms with van der Waals surface area (Å²) in [6, 6.07) is 0. The van der Waals surface area contributed by atoms with Gasteiger partial charge in [-0.1, -0.05) is 33.3 Å². The Morgan fingerprint density at radius 1 is 1.09 bits per heavy atom. The minimum Gasteiger partial charge on any atom is -0.389 e. The highest BCUT2D eigenvalue weighted by Gasteiger charge is 2.63. The predicted molar refractivity (Wildman–Crippen MR) is 131 cm³/mol. The Labute approximate surface area is 206 Å². The van der Waals surface area contributed by atoms with Gasteiger partial charge in [0, 0.05) is 31.7 Å². The number of β-amino-alcohol motifs (C(OH)–C–C–N with tert-alkyl or cyclic N) is 1. The highest BCUT2D eigenvalue weighted by Crippen LogP contribution is 2.62. The molecule has 2 aliphatic heterocycles. The molecule has 2 saturated carbocycles. The predicted octanol–water partition coefficient (Wildman–Crippen LogP) is 4.04. The fourth-order valence-corrected chi connectivity index (χ4v) is 8.11. The average Bonchev–Trinajstić information content (AvgIpc) is 3.16. The van der Waals surface area contributed by atoms with E-state index in [2.05, 4.69) is 39.5 Å². The topological polar surface area (TPSA) is 71.4 Å². The molecule has 4 fully saturated rings. The van der Waals surface area contributed by atoms with Crippen LogP contribution in [0.25, 0.3) is 0 Å². The lowest BCUT2D eigenvalue weighted by atomic mass is 9.50. The molecule has 3 aliphatic carbocycles. The van der Waals surface area contributed by atoms with E-state index in [1.807, 2.05) is 6.92 Å². The normalized spacial score (nSPS) is 45.7. The minimum absolute atomic E-state index is 0.0247. The molecule has 0 aromatic rings. The van der Waals surface area contributed by atoms with E-state index in [1.165, 1.54) is 11.1 Å². The van der Waals surface area contributed by atoms with Crippen molar-refractivity contribution < 1.29 is 24.4 Å². The van der Waals surface area contributed by atoms with Crippen molar-refractivity contribution in [3.05, 3.63) is 11.1 Å². The van der Waals surface area contributed by atoms with Gasteiger partial charge < -0.3 is 24.4 Å². The van der Waals surface area contributed by atoms with Crippen LogP contribution in [0.3, 0.4) is 0 Å². The Balaban J connectivity index is 1.48. The number of ether oxygens (including phenoxy) is 3. The van der Waals surface area contributed by atoms with Crippen molar-refractivity contribution >= 4 is 0 Å². The van der Waals surface area contributed by atoms with E-state index in [4.69, 9.17) is 14.2 Å². The van der Waals surface area contributed by atoms with Crippen molar-refractivity contribution in [2.45, 2.75) is 122 Å². The molecule has 0 spiro atoms. The van der Waals surface area contributed by atoms with Gasteiger partial charge in [-0.05, 0) is 75.7 Å². The smallest absolute Gasteiger partial charge is 0.171 e. The van der Waals surface area contributed by atoms with Crippen molar-refractivity contribution in [2.24, 2.45) is 16.7 Å². The molecule has 194 valence electrons. The quantitative estimate of drug-likeness (QED) is 0.583. The first-order valence-electron chi connectivity index (χ1n) is 13.7. The lowest BCUT2D eigenvalue weighted by molar-refractivity contribution is -0.166. The Morgan fingerprint density at radius 2 is 1.82 bits per heavy atom. The molecule has 7 atom stereocenters. The first kappa shape index (κ1) is 25.2. The molecule has 0 amide bonds. The molecule has 0 aromatic carbocycles. The molecule has 2 N–H and O–H groups in total. The largest absolute Gasteiger partial charge is 0.389 e. The molecular weight excluding hydrogens is 430 g/mol. The van der Waals surface area contributed by atoms with Crippen LogP contribution in [0, 0.1) is 16.7 Å². The first-order valence-corrected chi connectivity index (χ1v) is 13.7. The Morgan fingerprint density at radius 3 is 2.50 bits per heavy atom. The zero-order chi connectivity index (χ0) is 24.5. The molecule has 5 rings (SSSR count). The van der Waals surface area contributed by atoms with E-state index in [1.54, 1.807) is 0 Å². The molecule has 0 radical (unpaired) electrons. The van der Waals surface area contributed by atoms with E-state index in [-0.39, 0.29) is 35.4 Å². The van der Waals surface area contributed by atoms with Gasteiger partial charge in [0.05, 0.1) is 23.4 Å². The van der Waals surface area contributed by atoms with Gasteiger partial charge in [-0.3, -0.25) is 4.90 Å². The molecule has 6 nitrogen and oxygen atoms in total. The van der Waals surface area contributed by atoms with E-state index in [0.29, 0.717) is 25.6 Å². The molecular formula is C28H47NO5. The maximum Gasteiger partial charge on any atom is 0.171 e. The molecule has 34 heavy (non-hydrogen) atoms. The summed E-state index contributed by atoms with van der Waals surface area (Å²) < 4.78 is 19.7. The SMILES string of the molecule is CCO[C@@H]1CC[C@]2(C)C(C1)C[C@]1(O)CCC(C)=C([C@H]3O[C@@H](CN4CC(O)(CC)C4)O[C@H]32)C1(C)C.